The zero-order valence-corrected chi connectivity index (χ0v) is 11.8. The Morgan fingerprint density at radius 3 is 2.88 bits per heavy atom. The highest BCUT2D eigenvalue weighted by Gasteiger charge is 2.23. The summed E-state index contributed by atoms with van der Waals surface area (Å²) in [5, 5.41) is 0. The number of aromatic nitrogens is 2. The van der Waals surface area contributed by atoms with E-state index in [2.05, 4.69) is 49.8 Å². The molecule has 1 aliphatic heterocycles. The Morgan fingerprint density at radius 2 is 2.24 bits per heavy atom. The van der Waals surface area contributed by atoms with Crippen LogP contribution in [-0.2, 0) is 0 Å². The number of likely N-dealkylation sites (N-methyl/N-ethyl adjacent to an activating group) is 1. The Bertz CT molecular complexity index is 375. The van der Waals surface area contributed by atoms with Crippen molar-refractivity contribution < 1.29 is 0 Å². The van der Waals surface area contributed by atoms with Crippen LogP contribution in [0.3, 0.4) is 0 Å². The maximum atomic E-state index is 5.74. The minimum Gasteiger partial charge on any atom is -0.383 e. The zero-order chi connectivity index (χ0) is 12.4. The highest BCUT2D eigenvalue weighted by Crippen LogP contribution is 2.21. The SMILES string of the molecule is CN(C)C1CCCN(c2nc(N)cc(Br)n2)C1. The number of hydrogen-bond donors (Lipinski definition) is 1. The fourth-order valence-electron chi connectivity index (χ4n) is 2.12. The van der Waals surface area contributed by atoms with Gasteiger partial charge in [-0.1, -0.05) is 0 Å². The van der Waals surface area contributed by atoms with Crippen molar-refractivity contribution in [2.45, 2.75) is 18.9 Å². The quantitative estimate of drug-likeness (QED) is 0.836. The van der Waals surface area contributed by atoms with Gasteiger partial charge in [0.15, 0.2) is 0 Å². The number of nitrogens with zero attached hydrogens (tertiary/aromatic N) is 4. The van der Waals surface area contributed by atoms with Crippen LogP contribution in [0.4, 0.5) is 11.8 Å². The Balaban J connectivity index is 2.16. The van der Waals surface area contributed by atoms with E-state index >= 15 is 0 Å². The van der Waals surface area contributed by atoms with E-state index < -0.39 is 0 Å². The molecule has 1 saturated heterocycles. The van der Waals surface area contributed by atoms with Gasteiger partial charge in [-0.05, 0) is 42.9 Å². The van der Waals surface area contributed by atoms with Gasteiger partial charge in [-0.25, -0.2) is 4.98 Å². The van der Waals surface area contributed by atoms with Gasteiger partial charge >= 0.3 is 0 Å². The molecule has 1 aromatic heterocycles. The third kappa shape index (κ3) is 3.07. The van der Waals surface area contributed by atoms with Gasteiger partial charge in [-0.2, -0.15) is 4.98 Å². The normalized spacial score (nSPS) is 20.9. The van der Waals surface area contributed by atoms with Crippen LogP contribution >= 0.6 is 15.9 Å². The van der Waals surface area contributed by atoms with Gasteiger partial charge < -0.3 is 15.5 Å². The summed E-state index contributed by atoms with van der Waals surface area (Å²) in [5.41, 5.74) is 5.74. The van der Waals surface area contributed by atoms with Crippen LogP contribution in [0, 0.1) is 0 Å². The largest absolute Gasteiger partial charge is 0.383 e. The van der Waals surface area contributed by atoms with Crippen LogP contribution in [0.2, 0.25) is 0 Å². The first-order chi connectivity index (χ1) is 8.06. The van der Waals surface area contributed by atoms with Crippen molar-refractivity contribution in [3.63, 3.8) is 0 Å². The Labute approximate surface area is 110 Å². The molecule has 0 aromatic carbocycles. The van der Waals surface area contributed by atoms with E-state index in [-0.39, 0.29) is 0 Å². The number of nitrogen functional groups attached to an aromatic ring is 1. The molecule has 0 spiro atoms. The molecule has 0 radical (unpaired) electrons. The summed E-state index contributed by atoms with van der Waals surface area (Å²) in [6.07, 6.45) is 2.39. The fourth-order valence-corrected chi connectivity index (χ4v) is 2.52. The molecule has 94 valence electrons. The average molecular weight is 300 g/mol. The highest BCUT2D eigenvalue weighted by atomic mass is 79.9. The molecule has 2 heterocycles. The summed E-state index contributed by atoms with van der Waals surface area (Å²) >= 11 is 3.36. The van der Waals surface area contributed by atoms with Gasteiger partial charge in [0, 0.05) is 25.2 Å². The van der Waals surface area contributed by atoms with E-state index in [0.29, 0.717) is 11.9 Å². The number of hydrogen-bond acceptors (Lipinski definition) is 5. The van der Waals surface area contributed by atoms with Crippen LogP contribution < -0.4 is 10.6 Å². The van der Waals surface area contributed by atoms with E-state index in [1.807, 2.05) is 0 Å². The van der Waals surface area contributed by atoms with E-state index in [0.717, 1.165) is 23.6 Å². The minimum atomic E-state index is 0.508. The summed E-state index contributed by atoms with van der Waals surface area (Å²) in [5.74, 6) is 1.23. The van der Waals surface area contributed by atoms with E-state index in [1.165, 1.54) is 12.8 Å². The summed E-state index contributed by atoms with van der Waals surface area (Å²) in [4.78, 5) is 13.1. The molecule has 1 atom stereocenters. The summed E-state index contributed by atoms with van der Waals surface area (Å²) in [6.45, 7) is 1.96. The van der Waals surface area contributed by atoms with Crippen molar-refractivity contribution in [2.75, 3.05) is 37.8 Å². The maximum absolute atomic E-state index is 5.74. The molecule has 2 N–H and O–H groups in total. The van der Waals surface area contributed by atoms with E-state index in [1.54, 1.807) is 6.07 Å². The van der Waals surface area contributed by atoms with E-state index in [9.17, 15) is 0 Å². The lowest BCUT2D eigenvalue weighted by Crippen LogP contribution is -2.45. The monoisotopic (exact) mass is 299 g/mol. The lowest BCUT2D eigenvalue weighted by Gasteiger charge is -2.36. The van der Waals surface area contributed by atoms with Crippen molar-refractivity contribution in [1.29, 1.82) is 0 Å². The summed E-state index contributed by atoms with van der Waals surface area (Å²) in [7, 11) is 4.23. The third-order valence-corrected chi connectivity index (χ3v) is 3.52. The number of halogens is 1. The molecule has 5 nitrogen and oxygen atoms in total. The molecule has 1 aromatic rings. The van der Waals surface area contributed by atoms with Crippen molar-refractivity contribution in [1.82, 2.24) is 14.9 Å². The minimum absolute atomic E-state index is 0.508. The Hall–Kier alpha value is -0.880. The molecule has 0 amide bonds. The predicted molar refractivity (Wildman–Crippen MR) is 73.1 cm³/mol. The van der Waals surface area contributed by atoms with Crippen molar-refractivity contribution in [3.05, 3.63) is 10.7 Å². The molecule has 1 aliphatic rings. The lowest BCUT2D eigenvalue weighted by molar-refractivity contribution is 0.257. The van der Waals surface area contributed by atoms with Crippen molar-refractivity contribution in [3.8, 4) is 0 Å². The van der Waals surface area contributed by atoms with Crippen LogP contribution in [-0.4, -0.2) is 48.1 Å². The predicted octanol–water partition coefficient (Wildman–Crippen LogP) is 1.35. The number of nitrogens with two attached hydrogens (primary N) is 1. The molecule has 17 heavy (non-hydrogen) atoms. The zero-order valence-electron chi connectivity index (χ0n) is 10.2. The maximum Gasteiger partial charge on any atom is 0.228 e. The van der Waals surface area contributed by atoms with Crippen LogP contribution in [0.1, 0.15) is 12.8 Å². The topological polar surface area (TPSA) is 58.3 Å². The second kappa shape index (κ2) is 5.18. The fraction of sp³-hybridized carbons (Fsp3) is 0.636. The highest BCUT2D eigenvalue weighted by molar-refractivity contribution is 9.10. The molecule has 6 heteroatoms. The molecule has 0 bridgehead atoms. The summed E-state index contributed by atoms with van der Waals surface area (Å²) < 4.78 is 0.743. The van der Waals surface area contributed by atoms with Crippen LogP contribution in [0.15, 0.2) is 10.7 Å². The number of piperidine rings is 1. The van der Waals surface area contributed by atoms with Crippen LogP contribution in [0.25, 0.3) is 0 Å². The molecule has 0 saturated carbocycles. The van der Waals surface area contributed by atoms with Gasteiger partial charge in [-0.3, -0.25) is 0 Å². The first kappa shape index (κ1) is 12.6. The molecule has 1 fully saturated rings. The molecular formula is C11H18BrN5. The molecular weight excluding hydrogens is 282 g/mol. The standard InChI is InChI=1S/C11H18BrN5/c1-16(2)8-4-3-5-17(7-8)11-14-9(12)6-10(13)15-11/h6,8H,3-5,7H2,1-2H3,(H2,13,14,15). The van der Waals surface area contributed by atoms with Gasteiger partial charge in [0.1, 0.15) is 10.4 Å². The third-order valence-electron chi connectivity index (χ3n) is 3.11. The van der Waals surface area contributed by atoms with Gasteiger partial charge in [0.25, 0.3) is 0 Å². The Kier molecular flexibility index (Phi) is 3.83. The number of anilines is 2. The number of rotatable bonds is 2. The van der Waals surface area contributed by atoms with Crippen molar-refractivity contribution in [2.24, 2.45) is 0 Å². The first-order valence-corrected chi connectivity index (χ1v) is 6.57. The van der Waals surface area contributed by atoms with Gasteiger partial charge in [-0.15, -0.1) is 0 Å². The molecule has 2 rings (SSSR count). The molecule has 0 aliphatic carbocycles. The smallest absolute Gasteiger partial charge is 0.228 e. The second-order valence-electron chi connectivity index (χ2n) is 4.62. The van der Waals surface area contributed by atoms with Crippen LogP contribution in [0.5, 0.6) is 0 Å². The summed E-state index contributed by atoms with van der Waals surface area (Å²) in [6, 6.07) is 2.28. The average Bonchev–Trinajstić information content (AvgIpc) is 2.28. The molecule has 1 unspecified atom stereocenters. The first-order valence-electron chi connectivity index (χ1n) is 5.77. The second-order valence-corrected chi connectivity index (χ2v) is 5.43. The lowest BCUT2D eigenvalue weighted by atomic mass is 10.1. The van der Waals surface area contributed by atoms with Gasteiger partial charge in [0.05, 0.1) is 0 Å². The van der Waals surface area contributed by atoms with Crippen molar-refractivity contribution >= 4 is 27.7 Å². The van der Waals surface area contributed by atoms with Gasteiger partial charge in [0.2, 0.25) is 5.95 Å². The van der Waals surface area contributed by atoms with E-state index in [4.69, 9.17) is 5.73 Å². The Morgan fingerprint density at radius 1 is 1.47 bits per heavy atom.